The van der Waals surface area contributed by atoms with Crippen LogP contribution < -0.4 is 5.32 Å². The first-order valence-corrected chi connectivity index (χ1v) is 7.47. The van der Waals surface area contributed by atoms with Gasteiger partial charge >= 0.3 is 0 Å². The summed E-state index contributed by atoms with van der Waals surface area (Å²) in [7, 11) is 1.85. The van der Waals surface area contributed by atoms with Gasteiger partial charge in [0.25, 0.3) is 0 Å². The second-order valence-electron chi connectivity index (χ2n) is 5.86. The van der Waals surface area contributed by atoms with E-state index in [1.54, 1.807) is 12.7 Å². The number of nitrogens with zero attached hydrogens (tertiary/aromatic N) is 5. The molecule has 1 aromatic heterocycles. The highest BCUT2D eigenvalue weighted by molar-refractivity contribution is 5.80. The smallest absolute Gasteiger partial charge is 0.193 e. The standard InChI is InChI=1S/C14H26N6/c1-12(2)8-13-4-6-19(9-13)14(15-3)17-5-7-20-11-16-10-18-20/h10-13H,4-9H2,1-3H3,(H,15,17). The van der Waals surface area contributed by atoms with Gasteiger partial charge < -0.3 is 10.2 Å². The molecule has 1 aliphatic rings. The molecule has 2 rings (SSSR count). The molecule has 1 aliphatic heterocycles. The molecular formula is C14H26N6. The van der Waals surface area contributed by atoms with Crippen LogP contribution in [0.4, 0.5) is 0 Å². The molecule has 6 heteroatoms. The van der Waals surface area contributed by atoms with E-state index in [1.807, 2.05) is 11.7 Å². The molecule has 1 fully saturated rings. The predicted octanol–water partition coefficient (Wildman–Crippen LogP) is 1.22. The van der Waals surface area contributed by atoms with Crippen molar-refractivity contribution in [2.24, 2.45) is 16.8 Å². The van der Waals surface area contributed by atoms with Crippen LogP contribution in [0.15, 0.2) is 17.6 Å². The molecule has 1 atom stereocenters. The molecule has 2 heterocycles. The van der Waals surface area contributed by atoms with Crippen LogP contribution in [0, 0.1) is 11.8 Å². The normalized spacial score (nSPS) is 19.9. The molecule has 0 aliphatic carbocycles. The topological polar surface area (TPSA) is 58.3 Å². The number of rotatable bonds is 5. The van der Waals surface area contributed by atoms with Crippen molar-refractivity contribution < 1.29 is 0 Å². The number of aromatic nitrogens is 3. The zero-order valence-electron chi connectivity index (χ0n) is 12.8. The second kappa shape index (κ2) is 7.26. The Hall–Kier alpha value is -1.59. The number of hydrogen-bond donors (Lipinski definition) is 1. The fourth-order valence-corrected chi connectivity index (χ4v) is 2.85. The zero-order valence-corrected chi connectivity index (χ0v) is 12.8. The summed E-state index contributed by atoms with van der Waals surface area (Å²) in [5, 5.41) is 7.50. The van der Waals surface area contributed by atoms with Crippen LogP contribution in [0.2, 0.25) is 0 Å². The van der Waals surface area contributed by atoms with Crippen molar-refractivity contribution in [1.29, 1.82) is 0 Å². The van der Waals surface area contributed by atoms with Gasteiger partial charge in [0.2, 0.25) is 0 Å². The molecule has 0 bridgehead atoms. The monoisotopic (exact) mass is 278 g/mol. The van der Waals surface area contributed by atoms with E-state index >= 15 is 0 Å². The number of likely N-dealkylation sites (tertiary alicyclic amines) is 1. The summed E-state index contributed by atoms with van der Waals surface area (Å²) in [6.45, 7) is 8.47. The number of hydrogen-bond acceptors (Lipinski definition) is 3. The lowest BCUT2D eigenvalue weighted by atomic mass is 9.97. The van der Waals surface area contributed by atoms with E-state index in [-0.39, 0.29) is 0 Å². The molecule has 1 saturated heterocycles. The van der Waals surface area contributed by atoms with Crippen LogP contribution in [-0.2, 0) is 6.54 Å². The summed E-state index contributed by atoms with van der Waals surface area (Å²) in [6, 6.07) is 0. The van der Waals surface area contributed by atoms with Gasteiger partial charge in [0.05, 0.1) is 6.54 Å². The maximum atomic E-state index is 4.39. The van der Waals surface area contributed by atoms with E-state index in [0.717, 1.165) is 44.0 Å². The van der Waals surface area contributed by atoms with Gasteiger partial charge in [-0.25, -0.2) is 4.98 Å². The summed E-state index contributed by atoms with van der Waals surface area (Å²) in [5.74, 6) is 2.60. The van der Waals surface area contributed by atoms with Crippen molar-refractivity contribution in [1.82, 2.24) is 25.0 Å². The largest absolute Gasteiger partial charge is 0.354 e. The maximum Gasteiger partial charge on any atom is 0.193 e. The van der Waals surface area contributed by atoms with E-state index < -0.39 is 0 Å². The van der Waals surface area contributed by atoms with E-state index in [0.29, 0.717) is 0 Å². The highest BCUT2D eigenvalue weighted by Crippen LogP contribution is 2.23. The first-order valence-electron chi connectivity index (χ1n) is 7.47. The van der Waals surface area contributed by atoms with Crippen LogP contribution in [0.25, 0.3) is 0 Å². The summed E-state index contributed by atoms with van der Waals surface area (Å²) in [6.07, 6.45) is 5.89. The Balaban J connectivity index is 1.75. The highest BCUT2D eigenvalue weighted by atomic mass is 15.3. The predicted molar refractivity (Wildman–Crippen MR) is 80.5 cm³/mol. The van der Waals surface area contributed by atoms with E-state index in [2.05, 4.69) is 39.1 Å². The van der Waals surface area contributed by atoms with Crippen LogP contribution in [0.5, 0.6) is 0 Å². The van der Waals surface area contributed by atoms with E-state index in [4.69, 9.17) is 0 Å². The average Bonchev–Trinajstić information content (AvgIpc) is 3.05. The Kier molecular flexibility index (Phi) is 5.38. The molecular weight excluding hydrogens is 252 g/mol. The first-order chi connectivity index (χ1) is 9.69. The lowest BCUT2D eigenvalue weighted by Crippen LogP contribution is -2.41. The molecule has 112 valence electrons. The molecule has 1 aromatic rings. The zero-order chi connectivity index (χ0) is 14.4. The van der Waals surface area contributed by atoms with Gasteiger partial charge in [0.1, 0.15) is 12.7 Å². The van der Waals surface area contributed by atoms with Crippen molar-refractivity contribution in [3.05, 3.63) is 12.7 Å². The fraction of sp³-hybridized carbons (Fsp3) is 0.786. The Morgan fingerprint density at radius 1 is 1.50 bits per heavy atom. The van der Waals surface area contributed by atoms with Crippen LogP contribution in [-0.4, -0.2) is 52.3 Å². The Morgan fingerprint density at radius 2 is 2.35 bits per heavy atom. The summed E-state index contributed by atoms with van der Waals surface area (Å²) < 4.78 is 1.83. The lowest BCUT2D eigenvalue weighted by molar-refractivity contribution is 0.402. The van der Waals surface area contributed by atoms with Gasteiger partial charge in [-0.1, -0.05) is 13.8 Å². The Bertz CT molecular complexity index is 411. The number of nitrogens with one attached hydrogen (secondary N) is 1. The fourth-order valence-electron chi connectivity index (χ4n) is 2.85. The van der Waals surface area contributed by atoms with Crippen molar-refractivity contribution >= 4 is 5.96 Å². The SMILES string of the molecule is CN=C(NCCn1cncn1)N1CCC(CC(C)C)C1. The van der Waals surface area contributed by atoms with Gasteiger partial charge in [0, 0.05) is 26.7 Å². The molecule has 0 amide bonds. The first kappa shape index (κ1) is 14.8. The highest BCUT2D eigenvalue weighted by Gasteiger charge is 2.25. The summed E-state index contributed by atoms with van der Waals surface area (Å²) in [4.78, 5) is 10.7. The minimum absolute atomic E-state index is 0.780. The van der Waals surface area contributed by atoms with Crippen molar-refractivity contribution in [2.75, 3.05) is 26.7 Å². The number of aliphatic imine (C=N–C) groups is 1. The van der Waals surface area contributed by atoms with Crippen LogP contribution >= 0.6 is 0 Å². The van der Waals surface area contributed by atoms with Crippen LogP contribution in [0.3, 0.4) is 0 Å². The Morgan fingerprint density at radius 3 is 3.00 bits per heavy atom. The van der Waals surface area contributed by atoms with Crippen molar-refractivity contribution in [3.63, 3.8) is 0 Å². The molecule has 1 unspecified atom stereocenters. The second-order valence-corrected chi connectivity index (χ2v) is 5.86. The third-order valence-electron chi connectivity index (χ3n) is 3.69. The third kappa shape index (κ3) is 4.21. The summed E-state index contributed by atoms with van der Waals surface area (Å²) >= 11 is 0. The minimum Gasteiger partial charge on any atom is -0.354 e. The van der Waals surface area contributed by atoms with Gasteiger partial charge in [-0.3, -0.25) is 9.67 Å². The van der Waals surface area contributed by atoms with Gasteiger partial charge in [-0.2, -0.15) is 5.10 Å². The molecule has 0 aromatic carbocycles. The Labute approximate surface area is 121 Å². The van der Waals surface area contributed by atoms with Crippen molar-refractivity contribution in [2.45, 2.75) is 33.2 Å². The molecule has 0 saturated carbocycles. The van der Waals surface area contributed by atoms with Gasteiger partial charge in [0.15, 0.2) is 5.96 Å². The van der Waals surface area contributed by atoms with E-state index in [1.165, 1.54) is 12.8 Å². The van der Waals surface area contributed by atoms with Crippen LogP contribution in [0.1, 0.15) is 26.7 Å². The van der Waals surface area contributed by atoms with E-state index in [9.17, 15) is 0 Å². The van der Waals surface area contributed by atoms with Crippen molar-refractivity contribution in [3.8, 4) is 0 Å². The van der Waals surface area contributed by atoms with Gasteiger partial charge in [-0.15, -0.1) is 0 Å². The quantitative estimate of drug-likeness (QED) is 0.650. The average molecular weight is 278 g/mol. The number of guanidine groups is 1. The maximum absolute atomic E-state index is 4.39. The molecule has 20 heavy (non-hydrogen) atoms. The molecule has 0 radical (unpaired) electrons. The molecule has 0 spiro atoms. The molecule has 1 N–H and O–H groups in total. The minimum atomic E-state index is 0.780. The van der Waals surface area contributed by atoms with Gasteiger partial charge in [-0.05, 0) is 24.7 Å². The lowest BCUT2D eigenvalue weighted by Gasteiger charge is -2.22. The molecule has 6 nitrogen and oxygen atoms in total. The summed E-state index contributed by atoms with van der Waals surface area (Å²) in [5.41, 5.74) is 0. The third-order valence-corrected chi connectivity index (χ3v) is 3.69.